The summed E-state index contributed by atoms with van der Waals surface area (Å²) < 4.78 is 0. The topological polar surface area (TPSA) is 35.5 Å². The van der Waals surface area contributed by atoms with E-state index in [-0.39, 0.29) is 6.10 Å². The standard InChI is InChI=1S/C19H30N2O/c1-3-19(15-12-18(22)13-15)20-16-7-9-21(10-8-16)17-6-4-5-14(2)11-17/h4-6,11,15-16,18-20,22H,3,7-10,12-13H2,1-2H3/t15?,18?,19-/m1/s1. The summed E-state index contributed by atoms with van der Waals surface area (Å²) in [6, 6.07) is 10.1. The Kier molecular flexibility index (Phi) is 5.04. The summed E-state index contributed by atoms with van der Waals surface area (Å²) in [6.45, 7) is 6.72. The Morgan fingerprint density at radius 1 is 1.27 bits per heavy atom. The van der Waals surface area contributed by atoms with Gasteiger partial charge in [0, 0.05) is 30.9 Å². The summed E-state index contributed by atoms with van der Waals surface area (Å²) in [6.07, 6.45) is 5.57. The van der Waals surface area contributed by atoms with Gasteiger partial charge in [-0.05, 0) is 62.6 Å². The van der Waals surface area contributed by atoms with Crippen molar-refractivity contribution in [2.45, 2.75) is 64.1 Å². The maximum Gasteiger partial charge on any atom is 0.0546 e. The number of hydrogen-bond acceptors (Lipinski definition) is 3. The van der Waals surface area contributed by atoms with Gasteiger partial charge in [-0.2, -0.15) is 0 Å². The predicted octanol–water partition coefficient (Wildman–Crippen LogP) is 3.10. The maximum absolute atomic E-state index is 9.52. The van der Waals surface area contributed by atoms with E-state index in [0.717, 1.165) is 25.9 Å². The SMILES string of the molecule is CC[C@@H](NC1CCN(c2cccc(C)c2)CC1)C1CC(O)C1. The summed E-state index contributed by atoms with van der Waals surface area (Å²) in [4.78, 5) is 2.51. The highest BCUT2D eigenvalue weighted by molar-refractivity contribution is 5.48. The summed E-state index contributed by atoms with van der Waals surface area (Å²) >= 11 is 0. The van der Waals surface area contributed by atoms with Crippen molar-refractivity contribution in [2.75, 3.05) is 18.0 Å². The number of rotatable bonds is 5. The molecule has 3 nitrogen and oxygen atoms in total. The van der Waals surface area contributed by atoms with E-state index in [1.807, 2.05) is 0 Å². The fraction of sp³-hybridized carbons (Fsp3) is 0.684. The molecule has 2 aliphatic rings. The lowest BCUT2D eigenvalue weighted by molar-refractivity contribution is 0.0209. The quantitative estimate of drug-likeness (QED) is 0.877. The molecule has 0 bridgehead atoms. The molecule has 1 aliphatic carbocycles. The first-order chi connectivity index (χ1) is 10.7. The van der Waals surface area contributed by atoms with E-state index in [0.29, 0.717) is 18.0 Å². The molecule has 3 rings (SSSR count). The molecule has 0 aromatic heterocycles. The van der Waals surface area contributed by atoms with Crippen LogP contribution in [0.5, 0.6) is 0 Å². The first kappa shape index (κ1) is 15.8. The van der Waals surface area contributed by atoms with E-state index in [4.69, 9.17) is 0 Å². The van der Waals surface area contributed by atoms with Crippen molar-refractivity contribution in [1.29, 1.82) is 0 Å². The lowest BCUT2D eigenvalue weighted by Crippen LogP contribution is -2.51. The third-order valence-electron chi connectivity index (χ3n) is 5.47. The second kappa shape index (κ2) is 7.01. The minimum absolute atomic E-state index is 0.0379. The van der Waals surface area contributed by atoms with Crippen molar-refractivity contribution in [3.05, 3.63) is 29.8 Å². The van der Waals surface area contributed by atoms with Gasteiger partial charge in [-0.3, -0.25) is 0 Å². The van der Waals surface area contributed by atoms with Gasteiger partial charge in [-0.15, -0.1) is 0 Å². The van der Waals surface area contributed by atoms with Crippen LogP contribution in [-0.4, -0.2) is 36.4 Å². The lowest BCUT2D eigenvalue weighted by Gasteiger charge is -2.41. The van der Waals surface area contributed by atoms with Gasteiger partial charge < -0.3 is 15.3 Å². The van der Waals surface area contributed by atoms with Gasteiger partial charge in [0.2, 0.25) is 0 Å². The van der Waals surface area contributed by atoms with Gasteiger partial charge in [0.25, 0.3) is 0 Å². The Labute approximate surface area is 134 Å². The van der Waals surface area contributed by atoms with Crippen molar-refractivity contribution in [3.8, 4) is 0 Å². The maximum atomic E-state index is 9.52. The first-order valence-corrected chi connectivity index (χ1v) is 8.91. The lowest BCUT2D eigenvalue weighted by atomic mass is 9.76. The van der Waals surface area contributed by atoms with Crippen molar-refractivity contribution >= 4 is 5.69 Å². The predicted molar refractivity (Wildman–Crippen MR) is 92.4 cm³/mol. The van der Waals surface area contributed by atoms with E-state index in [1.54, 1.807) is 0 Å². The molecule has 122 valence electrons. The van der Waals surface area contributed by atoms with Gasteiger partial charge in [-0.1, -0.05) is 19.1 Å². The fourth-order valence-corrected chi connectivity index (χ4v) is 3.98. The fourth-order valence-electron chi connectivity index (χ4n) is 3.98. The van der Waals surface area contributed by atoms with Crippen molar-refractivity contribution < 1.29 is 5.11 Å². The summed E-state index contributed by atoms with van der Waals surface area (Å²) in [5.74, 6) is 0.690. The number of nitrogens with one attached hydrogen (secondary N) is 1. The van der Waals surface area contributed by atoms with E-state index < -0.39 is 0 Å². The molecule has 22 heavy (non-hydrogen) atoms. The Morgan fingerprint density at radius 3 is 2.59 bits per heavy atom. The molecule has 0 radical (unpaired) electrons. The smallest absolute Gasteiger partial charge is 0.0546 e. The number of aliphatic hydroxyl groups is 1. The second-order valence-corrected chi connectivity index (χ2v) is 7.17. The van der Waals surface area contributed by atoms with E-state index in [2.05, 4.69) is 48.3 Å². The van der Waals surface area contributed by atoms with Crippen LogP contribution >= 0.6 is 0 Å². The normalized spacial score (nSPS) is 27.5. The first-order valence-electron chi connectivity index (χ1n) is 8.91. The zero-order chi connectivity index (χ0) is 15.5. The van der Waals surface area contributed by atoms with Crippen LogP contribution in [0.3, 0.4) is 0 Å². The van der Waals surface area contributed by atoms with Crippen LogP contribution in [-0.2, 0) is 0 Å². The van der Waals surface area contributed by atoms with E-state index in [9.17, 15) is 5.11 Å². The molecular weight excluding hydrogens is 272 g/mol. The summed E-state index contributed by atoms with van der Waals surface area (Å²) in [5, 5.41) is 13.4. The van der Waals surface area contributed by atoms with Crippen LogP contribution in [0.2, 0.25) is 0 Å². The Hall–Kier alpha value is -1.06. The van der Waals surface area contributed by atoms with Crippen molar-refractivity contribution in [3.63, 3.8) is 0 Å². The van der Waals surface area contributed by atoms with E-state index in [1.165, 1.54) is 30.5 Å². The van der Waals surface area contributed by atoms with Crippen LogP contribution in [0.25, 0.3) is 0 Å². The van der Waals surface area contributed by atoms with Gasteiger partial charge >= 0.3 is 0 Å². The average Bonchev–Trinajstić information content (AvgIpc) is 2.50. The molecule has 1 aliphatic heterocycles. The number of nitrogens with zero attached hydrogens (tertiary/aromatic N) is 1. The van der Waals surface area contributed by atoms with Crippen LogP contribution in [0, 0.1) is 12.8 Å². The van der Waals surface area contributed by atoms with Gasteiger partial charge in [0.05, 0.1) is 6.10 Å². The summed E-state index contributed by atoms with van der Waals surface area (Å²) in [7, 11) is 0. The minimum Gasteiger partial charge on any atom is -0.393 e. The Balaban J connectivity index is 1.49. The van der Waals surface area contributed by atoms with Crippen molar-refractivity contribution in [1.82, 2.24) is 5.32 Å². The second-order valence-electron chi connectivity index (χ2n) is 7.17. The molecule has 0 spiro atoms. The molecule has 1 aromatic carbocycles. The highest BCUT2D eigenvalue weighted by atomic mass is 16.3. The highest BCUT2D eigenvalue weighted by Gasteiger charge is 2.34. The number of piperidine rings is 1. The number of benzene rings is 1. The molecule has 1 saturated carbocycles. The number of hydrogen-bond donors (Lipinski definition) is 2. The molecule has 3 heteroatoms. The third kappa shape index (κ3) is 3.64. The zero-order valence-electron chi connectivity index (χ0n) is 14.0. The van der Waals surface area contributed by atoms with Crippen molar-refractivity contribution in [2.24, 2.45) is 5.92 Å². The largest absolute Gasteiger partial charge is 0.393 e. The van der Waals surface area contributed by atoms with E-state index >= 15 is 0 Å². The Morgan fingerprint density at radius 2 is 2.00 bits per heavy atom. The van der Waals surface area contributed by atoms with Gasteiger partial charge in [-0.25, -0.2) is 0 Å². The molecule has 1 heterocycles. The number of anilines is 1. The molecule has 2 fully saturated rings. The van der Waals surface area contributed by atoms with Crippen LogP contribution < -0.4 is 10.2 Å². The monoisotopic (exact) mass is 302 g/mol. The average molecular weight is 302 g/mol. The van der Waals surface area contributed by atoms with Gasteiger partial charge in [0.1, 0.15) is 0 Å². The molecule has 2 N–H and O–H groups in total. The van der Waals surface area contributed by atoms with Crippen LogP contribution in [0.15, 0.2) is 24.3 Å². The number of aliphatic hydroxyl groups excluding tert-OH is 1. The van der Waals surface area contributed by atoms with Crippen LogP contribution in [0.4, 0.5) is 5.69 Å². The summed E-state index contributed by atoms with van der Waals surface area (Å²) in [5.41, 5.74) is 2.71. The van der Waals surface area contributed by atoms with Gasteiger partial charge in [0.15, 0.2) is 0 Å². The van der Waals surface area contributed by atoms with Crippen LogP contribution in [0.1, 0.15) is 44.6 Å². The molecule has 1 atom stereocenters. The molecule has 0 amide bonds. The molecular formula is C19H30N2O. The third-order valence-corrected chi connectivity index (χ3v) is 5.47. The zero-order valence-corrected chi connectivity index (χ0v) is 14.0. The Bertz CT molecular complexity index is 476. The highest BCUT2D eigenvalue weighted by Crippen LogP contribution is 2.32. The molecule has 1 saturated heterocycles. The molecule has 1 aromatic rings. The molecule has 0 unspecified atom stereocenters. The minimum atomic E-state index is -0.0379. The number of aryl methyl sites for hydroxylation is 1.